The number of halogens is 1. The molecule has 0 saturated heterocycles. The molecule has 1 aliphatic rings. The molecule has 1 atom stereocenters. The molecule has 0 aliphatic heterocycles. The lowest BCUT2D eigenvalue weighted by atomic mass is 9.94. The number of carbonyl (C=O) groups is 2. The topological polar surface area (TPSA) is 58.6 Å². The summed E-state index contributed by atoms with van der Waals surface area (Å²) in [4.78, 5) is 29.2. The third-order valence-electron chi connectivity index (χ3n) is 7.14. The Labute approximate surface area is 235 Å². The first-order chi connectivity index (χ1) is 19.0. The number of benzene rings is 3. The fourth-order valence-electron chi connectivity index (χ4n) is 4.95. The monoisotopic (exact) mass is 548 g/mol. The van der Waals surface area contributed by atoms with Gasteiger partial charge in [-0.25, -0.2) is 4.39 Å². The summed E-state index contributed by atoms with van der Waals surface area (Å²) in [6.07, 6.45) is 5.75. The van der Waals surface area contributed by atoms with Gasteiger partial charge in [-0.05, 0) is 53.8 Å². The van der Waals surface area contributed by atoms with Gasteiger partial charge in [0.2, 0.25) is 11.8 Å². The minimum absolute atomic E-state index is 0.113. The minimum Gasteiger partial charge on any atom is -0.497 e. The maximum atomic E-state index is 13.8. The van der Waals surface area contributed by atoms with Crippen LogP contribution in [0.3, 0.4) is 0 Å². The van der Waals surface area contributed by atoms with Crippen molar-refractivity contribution in [3.05, 3.63) is 101 Å². The van der Waals surface area contributed by atoms with Gasteiger partial charge < -0.3 is 15.0 Å². The van der Waals surface area contributed by atoms with Crippen LogP contribution in [0, 0.1) is 5.82 Å². The Hall–Kier alpha value is -3.32. The predicted octanol–water partition coefficient (Wildman–Crippen LogP) is 6.16. The van der Waals surface area contributed by atoms with Crippen molar-refractivity contribution < 1.29 is 18.7 Å². The smallest absolute Gasteiger partial charge is 0.243 e. The van der Waals surface area contributed by atoms with Crippen LogP contribution in [0.2, 0.25) is 0 Å². The molecule has 1 fully saturated rings. The maximum absolute atomic E-state index is 13.8. The van der Waals surface area contributed by atoms with Crippen molar-refractivity contribution >= 4 is 23.6 Å². The van der Waals surface area contributed by atoms with E-state index in [2.05, 4.69) is 5.32 Å². The Balaban J connectivity index is 1.54. The van der Waals surface area contributed by atoms with Gasteiger partial charge in [0.05, 0.1) is 12.9 Å². The number of ether oxygens (including phenoxy) is 1. The lowest BCUT2D eigenvalue weighted by molar-refractivity contribution is -0.139. The number of rotatable bonds is 12. The summed E-state index contributed by atoms with van der Waals surface area (Å²) in [5.41, 5.74) is 2.87. The molecule has 3 aromatic carbocycles. The molecule has 4 rings (SSSR count). The highest BCUT2D eigenvalue weighted by atomic mass is 32.2. The summed E-state index contributed by atoms with van der Waals surface area (Å²) in [7, 11) is 1.63. The molecular weight excluding hydrogens is 511 g/mol. The van der Waals surface area contributed by atoms with Gasteiger partial charge in [0.15, 0.2) is 0 Å². The Morgan fingerprint density at radius 2 is 1.59 bits per heavy atom. The van der Waals surface area contributed by atoms with Gasteiger partial charge in [0.25, 0.3) is 0 Å². The number of amides is 2. The molecule has 5 nitrogen and oxygen atoms in total. The zero-order chi connectivity index (χ0) is 27.5. The van der Waals surface area contributed by atoms with Gasteiger partial charge >= 0.3 is 0 Å². The maximum Gasteiger partial charge on any atom is 0.243 e. The molecule has 1 aliphatic carbocycles. The van der Waals surface area contributed by atoms with E-state index in [1.54, 1.807) is 24.1 Å². The van der Waals surface area contributed by atoms with Gasteiger partial charge in [-0.1, -0.05) is 73.9 Å². The fourth-order valence-corrected chi connectivity index (χ4v) is 5.82. The van der Waals surface area contributed by atoms with Crippen LogP contribution in [0.4, 0.5) is 4.39 Å². The number of thioether (sulfide) groups is 1. The van der Waals surface area contributed by atoms with Gasteiger partial charge in [-0.2, -0.15) is 0 Å². The molecule has 39 heavy (non-hydrogen) atoms. The van der Waals surface area contributed by atoms with E-state index in [9.17, 15) is 14.0 Å². The molecule has 1 N–H and O–H groups in total. The predicted molar refractivity (Wildman–Crippen MR) is 155 cm³/mol. The highest BCUT2D eigenvalue weighted by Gasteiger charge is 2.31. The number of hydrogen-bond acceptors (Lipinski definition) is 4. The van der Waals surface area contributed by atoms with Crippen LogP contribution in [-0.4, -0.2) is 41.7 Å². The number of nitrogens with one attached hydrogen (secondary N) is 1. The second-order valence-electron chi connectivity index (χ2n) is 10.0. The summed E-state index contributed by atoms with van der Waals surface area (Å²) in [5, 5.41) is 3.25. The summed E-state index contributed by atoms with van der Waals surface area (Å²) in [6.45, 7) is 0.234. The molecule has 2 amide bonds. The van der Waals surface area contributed by atoms with Crippen molar-refractivity contribution in [2.45, 2.75) is 62.9 Å². The molecular formula is C32H37FN2O3S. The van der Waals surface area contributed by atoms with E-state index in [4.69, 9.17) is 4.74 Å². The third kappa shape index (κ3) is 8.85. The standard InChI is InChI=1S/C32H37FN2O3S/c1-38-29-18-14-26(15-19-29)22-39-23-31(36)35(21-25-12-16-27(33)17-13-25)30(20-24-8-4-2-5-9-24)32(37)34-28-10-6-3-7-11-28/h2,4-5,8-9,12-19,28,30H,3,6-7,10-11,20-23H2,1H3,(H,34,37)/t30-/m1/s1. The molecule has 0 unspecified atom stereocenters. The molecule has 0 heterocycles. The highest BCUT2D eigenvalue weighted by Crippen LogP contribution is 2.22. The van der Waals surface area contributed by atoms with Gasteiger partial charge in [0.1, 0.15) is 17.6 Å². The first-order valence-electron chi connectivity index (χ1n) is 13.6. The molecule has 206 valence electrons. The van der Waals surface area contributed by atoms with Crippen molar-refractivity contribution in [2.24, 2.45) is 0 Å². The normalized spacial score (nSPS) is 14.4. The van der Waals surface area contributed by atoms with Crippen molar-refractivity contribution in [1.82, 2.24) is 10.2 Å². The highest BCUT2D eigenvalue weighted by molar-refractivity contribution is 7.99. The molecule has 3 aromatic rings. The van der Waals surface area contributed by atoms with Crippen molar-refractivity contribution in [2.75, 3.05) is 12.9 Å². The first kappa shape index (κ1) is 28.7. The zero-order valence-corrected chi connectivity index (χ0v) is 23.3. The lowest BCUT2D eigenvalue weighted by Gasteiger charge is -2.33. The molecule has 0 radical (unpaired) electrons. The number of carbonyl (C=O) groups excluding carboxylic acids is 2. The Kier molecular flexibility index (Phi) is 10.8. The molecule has 1 saturated carbocycles. The average molecular weight is 549 g/mol. The largest absolute Gasteiger partial charge is 0.497 e. The van der Waals surface area contributed by atoms with Crippen LogP contribution in [0.15, 0.2) is 78.9 Å². The SMILES string of the molecule is COc1ccc(CSCC(=O)N(Cc2ccc(F)cc2)[C@H](Cc2ccccc2)C(=O)NC2CCCCC2)cc1. The number of hydrogen-bond donors (Lipinski definition) is 1. The van der Waals surface area contributed by atoms with Crippen LogP contribution in [0.1, 0.15) is 48.8 Å². The summed E-state index contributed by atoms with van der Waals surface area (Å²) in [6, 6.07) is 23.2. The molecule has 0 aromatic heterocycles. The Morgan fingerprint density at radius 3 is 2.26 bits per heavy atom. The van der Waals surface area contributed by atoms with Crippen LogP contribution in [0.25, 0.3) is 0 Å². The number of methoxy groups -OCH3 is 1. The van der Waals surface area contributed by atoms with Gasteiger partial charge in [-0.3, -0.25) is 9.59 Å². The lowest BCUT2D eigenvalue weighted by Crippen LogP contribution is -2.53. The fraction of sp³-hybridized carbons (Fsp3) is 0.375. The van der Waals surface area contributed by atoms with Crippen LogP contribution < -0.4 is 10.1 Å². The molecule has 0 bridgehead atoms. The van der Waals surface area contributed by atoms with E-state index >= 15 is 0 Å². The summed E-state index contributed by atoms with van der Waals surface area (Å²) < 4.78 is 18.9. The number of nitrogens with zero attached hydrogens (tertiary/aromatic N) is 1. The second kappa shape index (κ2) is 14.7. The summed E-state index contributed by atoms with van der Waals surface area (Å²) in [5.74, 6) is 1.12. The zero-order valence-electron chi connectivity index (χ0n) is 22.5. The first-order valence-corrected chi connectivity index (χ1v) is 14.8. The average Bonchev–Trinajstić information content (AvgIpc) is 2.97. The van der Waals surface area contributed by atoms with E-state index in [1.807, 2.05) is 54.6 Å². The Bertz CT molecular complexity index is 1180. The van der Waals surface area contributed by atoms with E-state index in [0.717, 1.165) is 48.1 Å². The Morgan fingerprint density at radius 1 is 0.923 bits per heavy atom. The molecule has 0 spiro atoms. The van der Waals surface area contributed by atoms with Crippen molar-refractivity contribution in [1.29, 1.82) is 0 Å². The quantitative estimate of drug-likeness (QED) is 0.295. The van der Waals surface area contributed by atoms with Crippen LogP contribution >= 0.6 is 11.8 Å². The van der Waals surface area contributed by atoms with E-state index in [1.165, 1.54) is 30.3 Å². The van der Waals surface area contributed by atoms with E-state index < -0.39 is 6.04 Å². The minimum atomic E-state index is -0.673. The van der Waals surface area contributed by atoms with E-state index in [0.29, 0.717) is 12.2 Å². The van der Waals surface area contributed by atoms with Crippen LogP contribution in [0.5, 0.6) is 5.75 Å². The van der Waals surface area contributed by atoms with Crippen LogP contribution in [-0.2, 0) is 28.3 Å². The third-order valence-corrected chi connectivity index (χ3v) is 8.13. The van der Waals surface area contributed by atoms with Gasteiger partial charge in [-0.15, -0.1) is 11.8 Å². The van der Waals surface area contributed by atoms with Gasteiger partial charge in [0, 0.05) is 24.8 Å². The molecule has 7 heteroatoms. The van der Waals surface area contributed by atoms with Crippen molar-refractivity contribution in [3.63, 3.8) is 0 Å². The van der Waals surface area contributed by atoms with E-state index in [-0.39, 0.29) is 36.0 Å². The second-order valence-corrected chi connectivity index (χ2v) is 11.0. The summed E-state index contributed by atoms with van der Waals surface area (Å²) >= 11 is 1.52. The van der Waals surface area contributed by atoms with Crippen molar-refractivity contribution in [3.8, 4) is 5.75 Å².